The summed E-state index contributed by atoms with van der Waals surface area (Å²) in [5.41, 5.74) is 0. The van der Waals surface area contributed by atoms with Crippen LogP contribution in [0.25, 0.3) is 0 Å². The number of alkyl halides is 2. The Balaban J connectivity index is 2.13. The normalized spacial score (nSPS) is 19.0. The number of hydrogen-bond acceptors (Lipinski definition) is 3. The van der Waals surface area contributed by atoms with Gasteiger partial charge < -0.3 is 14.8 Å². The van der Waals surface area contributed by atoms with Gasteiger partial charge >= 0.3 is 6.43 Å². The Morgan fingerprint density at radius 2 is 2.08 bits per heavy atom. The molecule has 0 aromatic rings. The van der Waals surface area contributed by atoms with Crippen LogP contribution in [-0.4, -0.2) is 38.4 Å². The summed E-state index contributed by atoms with van der Waals surface area (Å²) in [4.78, 5) is 10.4. The third-order valence-corrected chi connectivity index (χ3v) is 1.54. The summed E-state index contributed by atoms with van der Waals surface area (Å²) >= 11 is 0. The fraction of sp³-hybridized carbons (Fsp3) is 0.857. The van der Waals surface area contributed by atoms with Gasteiger partial charge in [-0.25, -0.2) is 0 Å². The molecule has 1 amide bonds. The first kappa shape index (κ1) is 10.3. The number of amides is 1. The van der Waals surface area contributed by atoms with Crippen molar-refractivity contribution in [2.75, 3.05) is 19.8 Å². The SMILES string of the molecule is O=C(NCC1OCCCO1)C(F)F. The van der Waals surface area contributed by atoms with Crippen LogP contribution >= 0.6 is 0 Å². The van der Waals surface area contributed by atoms with E-state index in [2.05, 4.69) is 0 Å². The van der Waals surface area contributed by atoms with Gasteiger partial charge in [0.15, 0.2) is 6.29 Å². The van der Waals surface area contributed by atoms with Crippen LogP contribution in [0, 0.1) is 0 Å². The molecule has 0 atom stereocenters. The maximum absolute atomic E-state index is 11.7. The predicted octanol–water partition coefficient (Wildman–Crippen LogP) is 0.131. The summed E-state index contributed by atoms with van der Waals surface area (Å²) in [6, 6.07) is 0. The van der Waals surface area contributed by atoms with E-state index in [1.54, 1.807) is 0 Å². The summed E-state index contributed by atoms with van der Waals surface area (Å²) in [6.45, 7) is 1.05. The van der Waals surface area contributed by atoms with Gasteiger partial charge in [0.1, 0.15) is 0 Å². The van der Waals surface area contributed by atoms with Gasteiger partial charge in [-0.05, 0) is 6.42 Å². The molecule has 1 saturated heterocycles. The van der Waals surface area contributed by atoms with Gasteiger partial charge in [-0.15, -0.1) is 0 Å². The molecule has 1 N–H and O–H groups in total. The minimum atomic E-state index is -2.98. The van der Waals surface area contributed by atoms with Crippen LogP contribution in [0.1, 0.15) is 6.42 Å². The Kier molecular flexibility index (Phi) is 4.04. The Hall–Kier alpha value is -0.750. The van der Waals surface area contributed by atoms with Crippen LogP contribution in [0.4, 0.5) is 8.78 Å². The molecule has 1 rings (SSSR count). The highest BCUT2D eigenvalue weighted by Gasteiger charge is 2.19. The van der Waals surface area contributed by atoms with Crippen molar-refractivity contribution in [3.05, 3.63) is 0 Å². The van der Waals surface area contributed by atoms with Crippen molar-refractivity contribution in [3.8, 4) is 0 Å². The van der Waals surface area contributed by atoms with E-state index in [0.717, 1.165) is 6.42 Å². The summed E-state index contributed by atoms with van der Waals surface area (Å²) in [5, 5.41) is 2.01. The van der Waals surface area contributed by atoms with E-state index in [0.29, 0.717) is 13.2 Å². The maximum atomic E-state index is 11.7. The van der Waals surface area contributed by atoms with Crippen molar-refractivity contribution in [2.24, 2.45) is 0 Å². The molecule has 0 aromatic heterocycles. The van der Waals surface area contributed by atoms with Crippen LogP contribution in [-0.2, 0) is 14.3 Å². The lowest BCUT2D eigenvalue weighted by Crippen LogP contribution is -2.40. The molecule has 0 spiro atoms. The number of rotatable bonds is 3. The standard InChI is InChI=1S/C7H11F2NO3/c8-6(9)7(11)10-4-5-12-2-1-3-13-5/h5-6H,1-4H2,(H,10,11). The minimum absolute atomic E-state index is 0.0246. The van der Waals surface area contributed by atoms with Crippen molar-refractivity contribution in [3.63, 3.8) is 0 Å². The van der Waals surface area contributed by atoms with Crippen LogP contribution < -0.4 is 5.32 Å². The van der Waals surface area contributed by atoms with Crippen molar-refractivity contribution in [2.45, 2.75) is 19.1 Å². The second kappa shape index (κ2) is 5.08. The maximum Gasteiger partial charge on any atom is 0.315 e. The summed E-state index contributed by atoms with van der Waals surface area (Å²) in [6.07, 6.45) is -2.78. The van der Waals surface area contributed by atoms with Gasteiger partial charge in [0.2, 0.25) is 0 Å². The highest BCUT2D eigenvalue weighted by atomic mass is 19.3. The van der Waals surface area contributed by atoms with Gasteiger partial charge in [0.25, 0.3) is 5.91 Å². The Bertz CT molecular complexity index is 171. The van der Waals surface area contributed by atoms with E-state index < -0.39 is 18.6 Å². The lowest BCUT2D eigenvalue weighted by atomic mass is 10.4. The molecule has 1 fully saturated rings. The Labute approximate surface area is 74.2 Å². The first-order valence-electron chi connectivity index (χ1n) is 3.99. The Morgan fingerprint density at radius 1 is 1.46 bits per heavy atom. The largest absolute Gasteiger partial charge is 0.351 e. The van der Waals surface area contributed by atoms with E-state index >= 15 is 0 Å². The van der Waals surface area contributed by atoms with Gasteiger partial charge in [-0.2, -0.15) is 8.78 Å². The molecule has 0 aromatic carbocycles. The van der Waals surface area contributed by atoms with Crippen molar-refractivity contribution >= 4 is 5.91 Å². The van der Waals surface area contributed by atoms with Crippen molar-refractivity contribution in [1.29, 1.82) is 0 Å². The molecule has 0 aliphatic carbocycles. The number of ether oxygens (including phenoxy) is 2. The van der Waals surface area contributed by atoms with E-state index in [1.165, 1.54) is 0 Å². The first-order valence-corrected chi connectivity index (χ1v) is 3.99. The molecule has 4 nitrogen and oxygen atoms in total. The highest BCUT2D eigenvalue weighted by molar-refractivity contribution is 5.79. The van der Waals surface area contributed by atoms with E-state index in [-0.39, 0.29) is 6.54 Å². The Morgan fingerprint density at radius 3 is 2.62 bits per heavy atom. The molecule has 0 saturated carbocycles. The quantitative estimate of drug-likeness (QED) is 0.696. The van der Waals surface area contributed by atoms with Gasteiger partial charge in [0.05, 0.1) is 19.8 Å². The van der Waals surface area contributed by atoms with Crippen molar-refractivity contribution in [1.82, 2.24) is 5.32 Å². The summed E-state index contributed by atoms with van der Waals surface area (Å²) < 4.78 is 33.4. The fourth-order valence-electron chi connectivity index (χ4n) is 0.916. The monoisotopic (exact) mass is 195 g/mol. The van der Waals surface area contributed by atoms with Crippen molar-refractivity contribution < 1.29 is 23.0 Å². The van der Waals surface area contributed by atoms with E-state index in [4.69, 9.17) is 9.47 Å². The molecule has 13 heavy (non-hydrogen) atoms. The number of carbonyl (C=O) groups is 1. The second-order valence-electron chi connectivity index (χ2n) is 2.57. The zero-order chi connectivity index (χ0) is 9.68. The number of hydrogen-bond donors (Lipinski definition) is 1. The number of halogens is 2. The van der Waals surface area contributed by atoms with Crippen LogP contribution in [0.15, 0.2) is 0 Å². The average Bonchev–Trinajstić information content (AvgIpc) is 2.15. The van der Waals surface area contributed by atoms with E-state index in [1.807, 2.05) is 5.32 Å². The molecule has 1 aliphatic rings. The lowest BCUT2D eigenvalue weighted by molar-refractivity contribution is -0.177. The minimum Gasteiger partial charge on any atom is -0.351 e. The van der Waals surface area contributed by atoms with Crippen LogP contribution in [0.2, 0.25) is 0 Å². The number of carbonyl (C=O) groups excluding carboxylic acids is 1. The second-order valence-corrected chi connectivity index (χ2v) is 2.57. The predicted molar refractivity (Wildman–Crippen MR) is 39.3 cm³/mol. The highest BCUT2D eigenvalue weighted by Crippen LogP contribution is 2.03. The van der Waals surface area contributed by atoms with Gasteiger partial charge in [0, 0.05) is 0 Å². The molecule has 1 heterocycles. The number of nitrogens with one attached hydrogen (secondary N) is 1. The third kappa shape index (κ3) is 3.65. The molecule has 0 radical (unpaired) electrons. The zero-order valence-corrected chi connectivity index (χ0v) is 6.96. The third-order valence-electron chi connectivity index (χ3n) is 1.54. The van der Waals surface area contributed by atoms with E-state index in [9.17, 15) is 13.6 Å². The fourth-order valence-corrected chi connectivity index (χ4v) is 0.916. The average molecular weight is 195 g/mol. The molecule has 76 valence electrons. The molecule has 6 heteroatoms. The molecular weight excluding hydrogens is 184 g/mol. The van der Waals surface area contributed by atoms with Gasteiger partial charge in [-0.3, -0.25) is 4.79 Å². The molecule has 1 aliphatic heterocycles. The topological polar surface area (TPSA) is 47.6 Å². The lowest BCUT2D eigenvalue weighted by Gasteiger charge is -2.23. The molecular formula is C7H11F2NO3. The van der Waals surface area contributed by atoms with Gasteiger partial charge in [-0.1, -0.05) is 0 Å². The molecule has 0 bridgehead atoms. The first-order chi connectivity index (χ1) is 6.20. The molecule has 0 unspecified atom stereocenters. The summed E-state index contributed by atoms with van der Waals surface area (Å²) in [7, 11) is 0. The summed E-state index contributed by atoms with van der Waals surface area (Å²) in [5.74, 6) is -1.29. The zero-order valence-electron chi connectivity index (χ0n) is 6.96. The van der Waals surface area contributed by atoms with Crippen LogP contribution in [0.5, 0.6) is 0 Å². The smallest absolute Gasteiger partial charge is 0.315 e. The van der Waals surface area contributed by atoms with Crippen LogP contribution in [0.3, 0.4) is 0 Å².